The lowest BCUT2D eigenvalue weighted by molar-refractivity contribution is -0.232. The molecule has 168 valence electrons. The van der Waals surface area contributed by atoms with E-state index in [1.807, 2.05) is 20.1 Å². The van der Waals surface area contributed by atoms with E-state index in [2.05, 4.69) is 32.9 Å². The molecule has 3 aliphatic carbocycles. The van der Waals surface area contributed by atoms with Crippen LogP contribution >= 0.6 is 0 Å². The molecule has 0 bridgehead atoms. The van der Waals surface area contributed by atoms with Crippen LogP contribution in [0.1, 0.15) is 71.8 Å². The molecule has 4 fully saturated rings. The smallest absolute Gasteiger partial charge is 0.330 e. The van der Waals surface area contributed by atoms with Gasteiger partial charge in [0.2, 0.25) is 0 Å². The number of aliphatic hydroxyl groups excluding tert-OH is 1. The van der Waals surface area contributed by atoms with Crippen molar-refractivity contribution in [2.24, 2.45) is 28.1 Å². The first-order valence-electron chi connectivity index (χ1n) is 11.8. The zero-order valence-corrected chi connectivity index (χ0v) is 19.2. The zero-order valence-electron chi connectivity index (χ0n) is 19.2. The minimum Gasteiger partial charge on any atom is -0.472 e. The molecule has 1 N–H and O–H groups in total. The van der Waals surface area contributed by atoms with E-state index in [0.717, 1.165) is 19.3 Å². The first-order chi connectivity index (χ1) is 14.5. The molecule has 0 aromatic carbocycles. The summed E-state index contributed by atoms with van der Waals surface area (Å²) < 4.78 is 17.9. The molecule has 6 rings (SSSR count). The summed E-state index contributed by atoms with van der Waals surface area (Å²) in [6, 6.07) is 2.09. The van der Waals surface area contributed by atoms with E-state index >= 15 is 0 Å². The summed E-state index contributed by atoms with van der Waals surface area (Å²) in [6.45, 7) is 10.9. The number of esters is 1. The van der Waals surface area contributed by atoms with E-state index in [9.17, 15) is 9.90 Å². The monoisotopic (exact) mass is 426 g/mol. The maximum atomic E-state index is 12.4. The van der Waals surface area contributed by atoms with Gasteiger partial charge in [0.25, 0.3) is 0 Å². The van der Waals surface area contributed by atoms with Gasteiger partial charge in [0, 0.05) is 22.8 Å². The molecule has 1 aromatic rings. The molecular weight excluding hydrogens is 392 g/mol. The Hall–Kier alpha value is -1.59. The highest BCUT2D eigenvalue weighted by atomic mass is 16.6. The maximum Gasteiger partial charge on any atom is 0.330 e. The predicted molar refractivity (Wildman–Crippen MR) is 114 cm³/mol. The van der Waals surface area contributed by atoms with Crippen LogP contribution in [0, 0.1) is 28.1 Å². The molecule has 2 aliphatic heterocycles. The van der Waals surface area contributed by atoms with Crippen LogP contribution in [0.15, 0.2) is 35.2 Å². The van der Waals surface area contributed by atoms with E-state index in [0.29, 0.717) is 12.3 Å². The van der Waals surface area contributed by atoms with Crippen LogP contribution in [0.4, 0.5) is 0 Å². The molecule has 0 amide bonds. The molecule has 3 heterocycles. The van der Waals surface area contributed by atoms with Gasteiger partial charge in [-0.1, -0.05) is 26.8 Å². The third-order valence-corrected chi connectivity index (χ3v) is 10.6. The first-order valence-corrected chi connectivity index (χ1v) is 11.8. The summed E-state index contributed by atoms with van der Waals surface area (Å²) in [5, 5.41) is 11.8. The van der Waals surface area contributed by atoms with Crippen LogP contribution in [-0.4, -0.2) is 34.5 Å². The van der Waals surface area contributed by atoms with Gasteiger partial charge in [-0.2, -0.15) is 0 Å². The second-order valence-corrected chi connectivity index (χ2v) is 12.0. The zero-order chi connectivity index (χ0) is 22.0. The molecule has 5 aliphatic rings. The lowest BCUT2D eigenvalue weighted by atomic mass is 9.38. The van der Waals surface area contributed by atoms with E-state index in [1.165, 1.54) is 5.56 Å². The summed E-state index contributed by atoms with van der Waals surface area (Å²) in [4.78, 5) is 12.4. The Morgan fingerprint density at radius 3 is 2.58 bits per heavy atom. The van der Waals surface area contributed by atoms with Crippen LogP contribution in [0.5, 0.6) is 0 Å². The van der Waals surface area contributed by atoms with Gasteiger partial charge in [-0.25, -0.2) is 4.79 Å². The molecule has 9 atom stereocenters. The second-order valence-electron chi connectivity index (χ2n) is 12.0. The van der Waals surface area contributed by atoms with Crippen molar-refractivity contribution in [1.29, 1.82) is 0 Å². The van der Waals surface area contributed by atoms with Gasteiger partial charge in [-0.05, 0) is 68.4 Å². The molecule has 1 spiro atoms. The standard InChI is InChI=1S/C26H34O5/c1-22(2)18-13-19(27)25(5)17(23(18,3)9-7-21(28)31-22)6-10-24(4)16(15-8-11-29-14-15)12-20-26(24,25)30-20/h7-9,11,14,16-20,27H,6,10,12-13H2,1-5H3. The van der Waals surface area contributed by atoms with Crippen LogP contribution in [0.3, 0.4) is 0 Å². The highest BCUT2D eigenvalue weighted by Gasteiger charge is 2.86. The summed E-state index contributed by atoms with van der Waals surface area (Å²) >= 11 is 0. The van der Waals surface area contributed by atoms with E-state index < -0.39 is 11.7 Å². The summed E-state index contributed by atoms with van der Waals surface area (Å²) in [6.07, 6.45) is 10.7. The van der Waals surface area contributed by atoms with Crippen LogP contribution in [0.2, 0.25) is 0 Å². The molecule has 3 saturated carbocycles. The number of fused-ring (bicyclic) bond motifs is 3. The Bertz CT molecular complexity index is 964. The Morgan fingerprint density at radius 2 is 1.87 bits per heavy atom. The van der Waals surface area contributed by atoms with Crippen molar-refractivity contribution >= 4 is 5.97 Å². The van der Waals surface area contributed by atoms with E-state index in [-0.39, 0.29) is 45.8 Å². The number of rotatable bonds is 1. The van der Waals surface area contributed by atoms with Crippen LogP contribution < -0.4 is 0 Å². The quantitative estimate of drug-likeness (QED) is 0.525. The summed E-state index contributed by atoms with van der Waals surface area (Å²) in [5.74, 6) is 0.364. The lowest BCUT2D eigenvalue weighted by Gasteiger charge is -2.66. The van der Waals surface area contributed by atoms with Gasteiger partial charge >= 0.3 is 5.97 Å². The summed E-state index contributed by atoms with van der Waals surface area (Å²) in [5.41, 5.74) is -0.398. The van der Waals surface area contributed by atoms with Crippen molar-refractivity contribution in [3.05, 3.63) is 36.3 Å². The van der Waals surface area contributed by atoms with Crippen molar-refractivity contribution in [1.82, 2.24) is 0 Å². The largest absolute Gasteiger partial charge is 0.472 e. The third-order valence-electron chi connectivity index (χ3n) is 10.6. The predicted octanol–water partition coefficient (Wildman–Crippen LogP) is 4.61. The minimum absolute atomic E-state index is 0.0484. The number of furan rings is 1. The highest BCUT2D eigenvalue weighted by Crippen LogP contribution is 2.81. The van der Waals surface area contributed by atoms with Crippen LogP contribution in [0.25, 0.3) is 0 Å². The number of allylic oxidation sites excluding steroid dienone is 1. The van der Waals surface area contributed by atoms with Crippen LogP contribution in [-0.2, 0) is 14.3 Å². The fraction of sp³-hybridized carbons (Fsp3) is 0.731. The Labute approximate surface area is 184 Å². The molecule has 9 unspecified atom stereocenters. The molecule has 0 radical (unpaired) electrons. The van der Waals surface area contributed by atoms with Gasteiger partial charge in [0.1, 0.15) is 11.2 Å². The minimum atomic E-state index is -0.630. The Morgan fingerprint density at radius 1 is 1.10 bits per heavy atom. The number of hydrogen-bond acceptors (Lipinski definition) is 5. The van der Waals surface area contributed by atoms with Crippen molar-refractivity contribution in [2.45, 2.75) is 89.6 Å². The Kier molecular flexibility index (Phi) is 3.66. The maximum absolute atomic E-state index is 12.4. The topological polar surface area (TPSA) is 72.2 Å². The number of carbonyl (C=O) groups is 1. The summed E-state index contributed by atoms with van der Waals surface area (Å²) in [7, 11) is 0. The van der Waals surface area contributed by atoms with Crippen molar-refractivity contribution in [3.8, 4) is 0 Å². The van der Waals surface area contributed by atoms with Gasteiger partial charge in [0.05, 0.1) is 24.7 Å². The van der Waals surface area contributed by atoms with Gasteiger partial charge in [0.15, 0.2) is 0 Å². The fourth-order valence-corrected chi connectivity index (χ4v) is 9.35. The number of epoxide rings is 1. The van der Waals surface area contributed by atoms with E-state index in [4.69, 9.17) is 13.9 Å². The van der Waals surface area contributed by atoms with Crippen molar-refractivity contribution in [3.63, 3.8) is 0 Å². The van der Waals surface area contributed by atoms with Gasteiger partial charge < -0.3 is 19.0 Å². The van der Waals surface area contributed by atoms with Gasteiger partial charge in [-0.15, -0.1) is 0 Å². The number of cyclic esters (lactones) is 1. The normalized spacial score (nSPS) is 54.1. The number of carbonyl (C=O) groups excluding carboxylic acids is 1. The van der Waals surface area contributed by atoms with E-state index in [1.54, 1.807) is 12.3 Å². The lowest BCUT2D eigenvalue weighted by Crippen LogP contribution is -2.69. The molecule has 1 aromatic heterocycles. The van der Waals surface area contributed by atoms with Crippen molar-refractivity contribution in [2.75, 3.05) is 0 Å². The second kappa shape index (κ2) is 5.66. The fourth-order valence-electron chi connectivity index (χ4n) is 9.35. The SMILES string of the molecule is CC1(C)OC(=O)C=CC2(C)C1CC(O)C1(C)C2CCC2(C)C(c3ccoc3)CC3OC321. The molecule has 31 heavy (non-hydrogen) atoms. The average molecular weight is 427 g/mol. The average Bonchev–Trinajstić information content (AvgIpc) is 3.09. The molecular formula is C26H34O5. The molecule has 5 nitrogen and oxygen atoms in total. The number of aliphatic hydroxyl groups is 1. The highest BCUT2D eigenvalue weighted by molar-refractivity contribution is 5.83. The molecule has 5 heteroatoms. The third kappa shape index (κ3) is 2.09. The molecule has 1 saturated heterocycles. The Balaban J connectivity index is 1.49. The number of hydrogen-bond donors (Lipinski definition) is 1. The van der Waals surface area contributed by atoms with Crippen molar-refractivity contribution < 1.29 is 23.8 Å². The first kappa shape index (κ1) is 20.0. The number of ether oxygens (including phenoxy) is 2. The van der Waals surface area contributed by atoms with Gasteiger partial charge in [-0.3, -0.25) is 0 Å².